The lowest BCUT2D eigenvalue weighted by atomic mass is 10.0. The van der Waals surface area contributed by atoms with E-state index in [-0.39, 0.29) is 17.9 Å². The highest BCUT2D eigenvalue weighted by atomic mass is 32.1. The molecule has 3 rings (SSSR count). The molecule has 2 atom stereocenters. The molecule has 2 heterocycles. The van der Waals surface area contributed by atoms with Gasteiger partial charge < -0.3 is 9.47 Å². The van der Waals surface area contributed by atoms with Gasteiger partial charge >= 0.3 is 0 Å². The summed E-state index contributed by atoms with van der Waals surface area (Å²) < 4.78 is 10.8. The van der Waals surface area contributed by atoms with E-state index in [0.717, 1.165) is 17.7 Å². The van der Waals surface area contributed by atoms with Gasteiger partial charge in [0, 0.05) is 18.2 Å². The lowest BCUT2D eigenvalue weighted by molar-refractivity contribution is -0.128. The van der Waals surface area contributed by atoms with E-state index < -0.39 is 0 Å². The number of hydrogen-bond acceptors (Lipinski definition) is 5. The lowest BCUT2D eigenvalue weighted by Gasteiger charge is -2.24. The summed E-state index contributed by atoms with van der Waals surface area (Å²) in [4.78, 5) is 19.0. The lowest BCUT2D eigenvalue weighted by Crippen LogP contribution is -2.41. The molecule has 0 N–H and O–H groups in total. The summed E-state index contributed by atoms with van der Waals surface area (Å²) in [5, 5.41) is 2.58. The van der Waals surface area contributed by atoms with Gasteiger partial charge in [0.1, 0.15) is 11.9 Å². The summed E-state index contributed by atoms with van der Waals surface area (Å²) in [6.07, 6.45) is 2.26. The maximum absolute atomic E-state index is 12.9. The van der Waals surface area contributed by atoms with Crippen LogP contribution in [0.15, 0.2) is 35.8 Å². The van der Waals surface area contributed by atoms with Crippen LogP contribution in [0.25, 0.3) is 0 Å². The summed E-state index contributed by atoms with van der Waals surface area (Å²) in [7, 11) is 1.64. The van der Waals surface area contributed by atoms with Crippen molar-refractivity contribution in [3.8, 4) is 5.75 Å². The Morgan fingerprint density at radius 1 is 1.43 bits per heavy atom. The fourth-order valence-corrected chi connectivity index (χ4v) is 3.31. The predicted molar refractivity (Wildman–Crippen MR) is 89.8 cm³/mol. The van der Waals surface area contributed by atoms with Gasteiger partial charge in [-0.1, -0.05) is 19.1 Å². The van der Waals surface area contributed by atoms with Crippen LogP contribution >= 0.6 is 11.3 Å². The number of carbonyl (C=O) groups excluding carboxylic acids is 1. The normalized spacial score (nSPS) is 20.4. The smallest absolute Gasteiger partial charge is 0.258 e. The molecule has 5 nitrogen and oxygen atoms in total. The average Bonchev–Trinajstić information content (AvgIpc) is 3.24. The summed E-state index contributed by atoms with van der Waals surface area (Å²) in [6, 6.07) is 7.72. The monoisotopic (exact) mass is 332 g/mol. The maximum atomic E-state index is 12.9. The van der Waals surface area contributed by atoms with E-state index in [2.05, 4.69) is 11.9 Å². The second-order valence-electron chi connectivity index (χ2n) is 5.64. The molecule has 1 aliphatic heterocycles. The standard InChI is InChI=1S/C17H20N2O3S/c1-12-7-9-22-15(12)16(20)19(17-18-8-10-23-17)11-13-3-5-14(21-2)6-4-13/h3-6,8,10,12,15H,7,9,11H2,1-2H3/t12-,15+/m0/s1. The number of ether oxygens (including phenoxy) is 2. The van der Waals surface area contributed by atoms with Crippen molar-refractivity contribution in [2.24, 2.45) is 5.92 Å². The molecule has 2 aromatic rings. The second-order valence-corrected chi connectivity index (χ2v) is 6.52. The third kappa shape index (κ3) is 3.54. The zero-order valence-electron chi connectivity index (χ0n) is 13.3. The largest absolute Gasteiger partial charge is 0.497 e. The number of carbonyl (C=O) groups is 1. The maximum Gasteiger partial charge on any atom is 0.258 e. The minimum absolute atomic E-state index is 0.0132. The van der Waals surface area contributed by atoms with Crippen LogP contribution in [0.1, 0.15) is 18.9 Å². The highest BCUT2D eigenvalue weighted by Gasteiger charge is 2.35. The van der Waals surface area contributed by atoms with E-state index >= 15 is 0 Å². The van der Waals surface area contributed by atoms with Gasteiger partial charge in [0.25, 0.3) is 5.91 Å². The molecule has 1 amide bonds. The number of thiazole rings is 1. The van der Waals surface area contributed by atoms with Crippen molar-refractivity contribution in [2.75, 3.05) is 18.6 Å². The number of methoxy groups -OCH3 is 1. The Bertz CT molecular complexity index is 642. The minimum atomic E-state index is -0.378. The number of aromatic nitrogens is 1. The van der Waals surface area contributed by atoms with Crippen LogP contribution in [-0.4, -0.2) is 30.7 Å². The van der Waals surface area contributed by atoms with Crippen LogP contribution in [0, 0.1) is 5.92 Å². The van der Waals surface area contributed by atoms with Crippen molar-refractivity contribution in [3.63, 3.8) is 0 Å². The molecule has 1 saturated heterocycles. The number of rotatable bonds is 5. The molecular weight excluding hydrogens is 312 g/mol. The summed E-state index contributed by atoms with van der Waals surface area (Å²) in [5.74, 6) is 1.02. The van der Waals surface area contributed by atoms with Crippen molar-refractivity contribution >= 4 is 22.4 Å². The van der Waals surface area contributed by atoms with E-state index in [1.54, 1.807) is 18.2 Å². The van der Waals surface area contributed by atoms with Crippen molar-refractivity contribution in [1.82, 2.24) is 4.98 Å². The summed E-state index contributed by atoms with van der Waals surface area (Å²) in [5.41, 5.74) is 1.03. The molecular formula is C17H20N2O3S. The number of amides is 1. The third-order valence-corrected chi connectivity index (χ3v) is 4.84. The van der Waals surface area contributed by atoms with Crippen LogP contribution in [-0.2, 0) is 16.1 Å². The van der Waals surface area contributed by atoms with Gasteiger partial charge in [0.2, 0.25) is 0 Å². The first-order chi connectivity index (χ1) is 11.2. The van der Waals surface area contributed by atoms with Crippen LogP contribution in [0.3, 0.4) is 0 Å². The molecule has 0 aliphatic carbocycles. The molecule has 6 heteroatoms. The molecule has 23 heavy (non-hydrogen) atoms. The van der Waals surface area contributed by atoms with Crippen molar-refractivity contribution in [2.45, 2.75) is 26.0 Å². The Morgan fingerprint density at radius 2 is 2.22 bits per heavy atom. The first-order valence-corrected chi connectivity index (χ1v) is 8.52. The zero-order chi connectivity index (χ0) is 16.2. The van der Waals surface area contributed by atoms with E-state index in [4.69, 9.17) is 9.47 Å². The van der Waals surface area contributed by atoms with E-state index in [1.807, 2.05) is 29.6 Å². The van der Waals surface area contributed by atoms with Crippen molar-refractivity contribution in [1.29, 1.82) is 0 Å². The predicted octanol–water partition coefficient (Wildman–Crippen LogP) is 3.11. The second kappa shape index (κ2) is 7.10. The molecule has 1 aromatic heterocycles. The molecule has 1 fully saturated rings. The third-order valence-electron chi connectivity index (χ3n) is 4.05. The van der Waals surface area contributed by atoms with Gasteiger partial charge in [0.05, 0.1) is 13.7 Å². The van der Waals surface area contributed by atoms with E-state index in [1.165, 1.54) is 11.3 Å². The van der Waals surface area contributed by atoms with Crippen LogP contribution < -0.4 is 9.64 Å². The molecule has 0 spiro atoms. The van der Waals surface area contributed by atoms with E-state index in [9.17, 15) is 4.79 Å². The highest BCUT2D eigenvalue weighted by Crippen LogP contribution is 2.27. The van der Waals surface area contributed by atoms with Gasteiger partial charge in [-0.25, -0.2) is 4.98 Å². The number of nitrogens with zero attached hydrogens (tertiary/aromatic N) is 2. The van der Waals surface area contributed by atoms with Gasteiger partial charge in [-0.2, -0.15) is 0 Å². The quantitative estimate of drug-likeness (QED) is 0.844. The summed E-state index contributed by atoms with van der Waals surface area (Å²) >= 11 is 1.46. The molecule has 122 valence electrons. The van der Waals surface area contributed by atoms with Gasteiger partial charge in [-0.3, -0.25) is 9.69 Å². The van der Waals surface area contributed by atoms with Crippen molar-refractivity contribution < 1.29 is 14.3 Å². The molecule has 1 aromatic carbocycles. The van der Waals surface area contributed by atoms with Crippen LogP contribution in [0.5, 0.6) is 5.75 Å². The van der Waals surface area contributed by atoms with Crippen molar-refractivity contribution in [3.05, 3.63) is 41.4 Å². The van der Waals surface area contributed by atoms with Crippen LogP contribution in [0.4, 0.5) is 5.13 Å². The Hall–Kier alpha value is -1.92. The SMILES string of the molecule is COc1ccc(CN(C(=O)[C@@H]2OCC[C@@H]2C)c2nccs2)cc1. The Balaban J connectivity index is 1.82. The fourth-order valence-electron chi connectivity index (χ4n) is 2.67. The number of anilines is 1. The van der Waals surface area contributed by atoms with Gasteiger partial charge in [-0.15, -0.1) is 11.3 Å². The Labute approximate surface area is 139 Å². The molecule has 1 aliphatic rings. The Morgan fingerprint density at radius 3 is 2.78 bits per heavy atom. The highest BCUT2D eigenvalue weighted by molar-refractivity contribution is 7.13. The van der Waals surface area contributed by atoms with Gasteiger partial charge in [0.15, 0.2) is 5.13 Å². The number of benzene rings is 1. The van der Waals surface area contributed by atoms with E-state index in [0.29, 0.717) is 18.3 Å². The first kappa shape index (κ1) is 16.0. The fraction of sp³-hybridized carbons (Fsp3) is 0.412. The topological polar surface area (TPSA) is 51.7 Å². The molecule has 0 saturated carbocycles. The van der Waals surface area contributed by atoms with Crippen LogP contribution in [0.2, 0.25) is 0 Å². The molecule has 0 unspecified atom stereocenters. The summed E-state index contributed by atoms with van der Waals surface area (Å²) in [6.45, 7) is 3.18. The number of hydrogen-bond donors (Lipinski definition) is 0. The molecule has 0 radical (unpaired) electrons. The first-order valence-electron chi connectivity index (χ1n) is 7.64. The Kier molecular flexibility index (Phi) is 4.93. The molecule has 0 bridgehead atoms. The van der Waals surface area contributed by atoms with Gasteiger partial charge in [-0.05, 0) is 30.0 Å². The minimum Gasteiger partial charge on any atom is -0.497 e. The zero-order valence-corrected chi connectivity index (χ0v) is 14.1. The average molecular weight is 332 g/mol.